The number of rotatable bonds is 3. The molecule has 0 spiro atoms. The van der Waals surface area contributed by atoms with Crippen LogP contribution < -0.4 is 10.5 Å². The minimum absolute atomic E-state index is 0.483. The minimum atomic E-state index is 0.483. The van der Waals surface area contributed by atoms with Crippen LogP contribution in [0.2, 0.25) is 0 Å². The lowest BCUT2D eigenvalue weighted by atomic mass is 10.1. The van der Waals surface area contributed by atoms with Crippen LogP contribution in [0.1, 0.15) is 16.8 Å². The summed E-state index contributed by atoms with van der Waals surface area (Å²) in [4.78, 5) is 0. The molecule has 2 aromatic carbocycles. The van der Waals surface area contributed by atoms with E-state index in [1.165, 1.54) is 0 Å². The number of nitrogens with zero attached hydrogens (tertiary/aromatic N) is 2. The Bertz CT molecular complexity index is 799. The molecule has 0 atom stereocenters. The van der Waals surface area contributed by atoms with Crippen LogP contribution in [0, 0.1) is 13.8 Å². The van der Waals surface area contributed by atoms with E-state index >= 15 is 0 Å². The smallest absolute Gasteiger partial charge is 0.246 e. The predicted molar refractivity (Wildman–Crippen MR) is 83.4 cm³/mol. The fourth-order valence-corrected chi connectivity index (χ4v) is 2.27. The average molecular weight is 279 g/mol. The molecule has 0 unspecified atom stereocenters. The van der Waals surface area contributed by atoms with Crippen molar-refractivity contribution in [3.63, 3.8) is 0 Å². The first-order chi connectivity index (χ1) is 10.2. The van der Waals surface area contributed by atoms with Crippen molar-refractivity contribution in [2.75, 3.05) is 0 Å². The molecule has 0 fully saturated rings. The molecule has 1 heterocycles. The van der Waals surface area contributed by atoms with Gasteiger partial charge in [-0.15, -0.1) is 5.10 Å². The molecule has 4 nitrogen and oxygen atoms in total. The Morgan fingerprint density at radius 3 is 2.52 bits per heavy atom. The summed E-state index contributed by atoms with van der Waals surface area (Å²) in [6.45, 7) is 4.43. The molecule has 0 amide bonds. The van der Waals surface area contributed by atoms with Gasteiger partial charge in [-0.1, -0.05) is 30.3 Å². The number of benzene rings is 2. The summed E-state index contributed by atoms with van der Waals surface area (Å²) in [5.74, 6) is 1.29. The van der Waals surface area contributed by atoms with Crippen LogP contribution in [0.25, 0.3) is 10.8 Å². The second-order valence-electron chi connectivity index (χ2n) is 5.04. The zero-order valence-electron chi connectivity index (χ0n) is 12.1. The van der Waals surface area contributed by atoms with E-state index in [4.69, 9.17) is 10.5 Å². The SMILES string of the molecule is Cc1ccc(CN)cc1Oc1nnc(C)c2ccccc12. The fraction of sp³-hybridized carbons (Fsp3) is 0.176. The summed E-state index contributed by atoms with van der Waals surface area (Å²) >= 11 is 0. The second kappa shape index (κ2) is 5.50. The monoisotopic (exact) mass is 279 g/mol. The van der Waals surface area contributed by atoms with Gasteiger partial charge in [0.2, 0.25) is 5.88 Å². The quantitative estimate of drug-likeness (QED) is 0.797. The van der Waals surface area contributed by atoms with Gasteiger partial charge in [0.05, 0.1) is 5.69 Å². The van der Waals surface area contributed by atoms with E-state index in [0.29, 0.717) is 12.4 Å². The molecule has 0 aliphatic rings. The topological polar surface area (TPSA) is 61.0 Å². The van der Waals surface area contributed by atoms with E-state index < -0.39 is 0 Å². The standard InChI is InChI=1S/C17H17N3O/c1-11-7-8-13(10-18)9-16(11)21-17-15-6-4-3-5-14(15)12(2)19-20-17/h3-9H,10,18H2,1-2H3. The maximum Gasteiger partial charge on any atom is 0.246 e. The molecule has 0 radical (unpaired) electrons. The molecule has 0 aliphatic carbocycles. The maximum atomic E-state index is 5.99. The van der Waals surface area contributed by atoms with E-state index in [-0.39, 0.29) is 0 Å². The number of nitrogens with two attached hydrogens (primary N) is 1. The summed E-state index contributed by atoms with van der Waals surface area (Å²) in [6, 6.07) is 13.9. The zero-order valence-corrected chi connectivity index (χ0v) is 12.1. The average Bonchev–Trinajstić information content (AvgIpc) is 2.52. The van der Waals surface area contributed by atoms with Gasteiger partial charge in [0.1, 0.15) is 5.75 Å². The molecule has 3 rings (SSSR count). The van der Waals surface area contributed by atoms with Crippen molar-refractivity contribution in [1.29, 1.82) is 0 Å². The Morgan fingerprint density at radius 1 is 1.00 bits per heavy atom. The van der Waals surface area contributed by atoms with E-state index in [2.05, 4.69) is 10.2 Å². The first kappa shape index (κ1) is 13.5. The molecular weight excluding hydrogens is 262 g/mol. The molecule has 1 aromatic heterocycles. The number of hydrogen-bond acceptors (Lipinski definition) is 4. The summed E-state index contributed by atoms with van der Waals surface area (Å²) in [5.41, 5.74) is 8.65. The molecule has 21 heavy (non-hydrogen) atoms. The van der Waals surface area contributed by atoms with E-state index in [1.807, 2.05) is 56.3 Å². The maximum absolute atomic E-state index is 5.99. The van der Waals surface area contributed by atoms with E-state index in [9.17, 15) is 0 Å². The van der Waals surface area contributed by atoms with Gasteiger partial charge < -0.3 is 10.5 Å². The van der Waals surface area contributed by atoms with Crippen molar-refractivity contribution in [2.45, 2.75) is 20.4 Å². The normalized spacial score (nSPS) is 10.8. The first-order valence-corrected chi connectivity index (χ1v) is 6.88. The zero-order chi connectivity index (χ0) is 14.8. The van der Waals surface area contributed by atoms with Crippen molar-refractivity contribution in [3.8, 4) is 11.6 Å². The van der Waals surface area contributed by atoms with Gasteiger partial charge in [0, 0.05) is 17.3 Å². The molecule has 0 aliphatic heterocycles. The van der Waals surface area contributed by atoms with Gasteiger partial charge in [-0.2, -0.15) is 5.10 Å². The molecule has 0 saturated carbocycles. The van der Waals surface area contributed by atoms with Crippen LogP contribution >= 0.6 is 0 Å². The van der Waals surface area contributed by atoms with Crippen LogP contribution in [0.3, 0.4) is 0 Å². The third kappa shape index (κ3) is 2.58. The van der Waals surface area contributed by atoms with Crippen LogP contribution in [0.15, 0.2) is 42.5 Å². The lowest BCUT2D eigenvalue weighted by molar-refractivity contribution is 0.457. The van der Waals surface area contributed by atoms with Crippen LogP contribution in [0.4, 0.5) is 0 Å². The second-order valence-corrected chi connectivity index (χ2v) is 5.04. The molecule has 3 aromatic rings. The molecule has 2 N–H and O–H groups in total. The van der Waals surface area contributed by atoms with Gasteiger partial charge in [0.25, 0.3) is 0 Å². The fourth-order valence-electron chi connectivity index (χ4n) is 2.27. The van der Waals surface area contributed by atoms with Crippen molar-refractivity contribution >= 4 is 10.8 Å². The minimum Gasteiger partial charge on any atom is -0.437 e. The number of ether oxygens (including phenoxy) is 1. The van der Waals surface area contributed by atoms with Crippen molar-refractivity contribution < 1.29 is 4.74 Å². The Labute approximate surface area is 123 Å². The van der Waals surface area contributed by atoms with Gasteiger partial charge in [-0.3, -0.25) is 0 Å². The Kier molecular flexibility index (Phi) is 3.54. The molecule has 106 valence electrons. The van der Waals surface area contributed by atoms with E-state index in [0.717, 1.165) is 33.3 Å². The first-order valence-electron chi connectivity index (χ1n) is 6.88. The van der Waals surface area contributed by atoms with Crippen LogP contribution in [0.5, 0.6) is 11.6 Å². The highest BCUT2D eigenvalue weighted by molar-refractivity contribution is 5.88. The molecule has 0 bridgehead atoms. The van der Waals surface area contributed by atoms with Gasteiger partial charge in [0.15, 0.2) is 0 Å². The lowest BCUT2D eigenvalue weighted by Crippen LogP contribution is -1.99. The summed E-state index contributed by atoms with van der Waals surface area (Å²) in [5, 5.41) is 10.4. The number of fused-ring (bicyclic) bond motifs is 1. The largest absolute Gasteiger partial charge is 0.437 e. The van der Waals surface area contributed by atoms with Gasteiger partial charge in [-0.05, 0) is 37.1 Å². The predicted octanol–water partition coefficient (Wildman–Crippen LogP) is 3.50. The Balaban J connectivity index is 2.08. The van der Waals surface area contributed by atoms with E-state index in [1.54, 1.807) is 0 Å². The summed E-state index contributed by atoms with van der Waals surface area (Å²) in [6.07, 6.45) is 0. The molecule has 4 heteroatoms. The molecule has 0 saturated heterocycles. The van der Waals surface area contributed by atoms with Crippen LogP contribution in [-0.2, 0) is 6.54 Å². The summed E-state index contributed by atoms with van der Waals surface area (Å²) in [7, 11) is 0. The number of aromatic nitrogens is 2. The highest BCUT2D eigenvalue weighted by atomic mass is 16.5. The Morgan fingerprint density at radius 2 is 1.76 bits per heavy atom. The lowest BCUT2D eigenvalue weighted by Gasteiger charge is -2.11. The highest BCUT2D eigenvalue weighted by Gasteiger charge is 2.10. The summed E-state index contributed by atoms with van der Waals surface area (Å²) < 4.78 is 5.99. The number of hydrogen-bond donors (Lipinski definition) is 1. The Hall–Kier alpha value is -2.46. The van der Waals surface area contributed by atoms with Gasteiger partial charge >= 0.3 is 0 Å². The third-order valence-corrected chi connectivity index (χ3v) is 3.53. The highest BCUT2D eigenvalue weighted by Crippen LogP contribution is 2.30. The third-order valence-electron chi connectivity index (χ3n) is 3.53. The van der Waals surface area contributed by atoms with Crippen molar-refractivity contribution in [3.05, 3.63) is 59.3 Å². The van der Waals surface area contributed by atoms with Gasteiger partial charge in [-0.25, -0.2) is 0 Å². The van der Waals surface area contributed by atoms with Crippen LogP contribution in [-0.4, -0.2) is 10.2 Å². The number of aryl methyl sites for hydroxylation is 2. The molecular formula is C17H17N3O. The van der Waals surface area contributed by atoms with Crippen molar-refractivity contribution in [2.24, 2.45) is 5.73 Å². The van der Waals surface area contributed by atoms with Crippen molar-refractivity contribution in [1.82, 2.24) is 10.2 Å².